The predicted octanol–water partition coefficient (Wildman–Crippen LogP) is 1.37. The van der Waals surface area contributed by atoms with Crippen molar-refractivity contribution in [3.05, 3.63) is 0 Å². The third-order valence-corrected chi connectivity index (χ3v) is 3.66. The van der Waals surface area contributed by atoms with E-state index in [1.165, 1.54) is 12.8 Å². The van der Waals surface area contributed by atoms with E-state index >= 15 is 0 Å². The molecule has 4 heteroatoms. The molecule has 1 aliphatic carbocycles. The zero-order valence-corrected chi connectivity index (χ0v) is 10.7. The molecule has 0 aromatic heterocycles. The second-order valence-corrected chi connectivity index (χ2v) is 5.86. The molecule has 88 valence electrons. The van der Waals surface area contributed by atoms with Crippen LogP contribution in [0, 0.1) is 5.92 Å². The molecule has 0 saturated heterocycles. The first kappa shape index (κ1) is 12.8. The van der Waals surface area contributed by atoms with Gasteiger partial charge in [0.25, 0.3) is 0 Å². The van der Waals surface area contributed by atoms with Crippen molar-refractivity contribution < 1.29 is 4.79 Å². The second kappa shape index (κ2) is 5.21. The van der Waals surface area contributed by atoms with E-state index in [-0.39, 0.29) is 17.5 Å². The lowest BCUT2D eigenvalue weighted by Crippen LogP contribution is -2.51. The highest BCUT2D eigenvalue weighted by Crippen LogP contribution is 2.39. The summed E-state index contributed by atoms with van der Waals surface area (Å²) in [7, 11) is 0. The highest BCUT2D eigenvalue weighted by atomic mass is 32.2. The lowest BCUT2D eigenvalue weighted by atomic mass is 9.98. The Hall–Kier alpha value is -0.220. The fourth-order valence-corrected chi connectivity index (χ4v) is 2.18. The summed E-state index contributed by atoms with van der Waals surface area (Å²) in [6.07, 6.45) is 5.24. The second-order valence-electron chi connectivity index (χ2n) is 4.87. The molecule has 0 unspecified atom stereocenters. The van der Waals surface area contributed by atoms with Gasteiger partial charge in [0, 0.05) is 5.54 Å². The van der Waals surface area contributed by atoms with Gasteiger partial charge < -0.3 is 11.1 Å². The Labute approximate surface area is 96.6 Å². The van der Waals surface area contributed by atoms with Crippen LogP contribution in [0.4, 0.5) is 0 Å². The molecule has 0 heterocycles. The summed E-state index contributed by atoms with van der Waals surface area (Å²) in [5.41, 5.74) is 5.73. The van der Waals surface area contributed by atoms with Crippen molar-refractivity contribution in [1.82, 2.24) is 5.32 Å². The average Bonchev–Trinajstić information content (AvgIpc) is 2.96. The first-order valence-electron chi connectivity index (χ1n) is 5.54. The molecular weight excluding hydrogens is 208 g/mol. The summed E-state index contributed by atoms with van der Waals surface area (Å²) in [5, 5.41) is 3.05. The summed E-state index contributed by atoms with van der Waals surface area (Å²) in [4.78, 5) is 11.8. The Balaban J connectivity index is 2.33. The number of nitrogens with two attached hydrogens (primary N) is 1. The van der Waals surface area contributed by atoms with Crippen LogP contribution in [-0.2, 0) is 4.79 Å². The maximum absolute atomic E-state index is 11.8. The Kier molecular flexibility index (Phi) is 4.46. The smallest absolute Gasteiger partial charge is 0.237 e. The van der Waals surface area contributed by atoms with Gasteiger partial charge in [0.05, 0.1) is 6.04 Å². The highest BCUT2D eigenvalue weighted by Gasteiger charge is 2.39. The molecule has 1 amide bonds. The van der Waals surface area contributed by atoms with Gasteiger partial charge in [-0.3, -0.25) is 4.79 Å². The van der Waals surface area contributed by atoms with Gasteiger partial charge in [0.2, 0.25) is 5.91 Å². The van der Waals surface area contributed by atoms with Crippen molar-refractivity contribution in [1.29, 1.82) is 0 Å². The third-order valence-electron chi connectivity index (χ3n) is 3.01. The number of hydrogen-bond acceptors (Lipinski definition) is 3. The van der Waals surface area contributed by atoms with Crippen molar-refractivity contribution in [2.75, 3.05) is 12.0 Å². The van der Waals surface area contributed by atoms with Crippen LogP contribution < -0.4 is 11.1 Å². The molecule has 0 radical (unpaired) electrons. The zero-order valence-electron chi connectivity index (χ0n) is 9.88. The zero-order chi connectivity index (χ0) is 11.5. The Bertz CT molecular complexity index is 227. The Morgan fingerprint density at radius 2 is 2.20 bits per heavy atom. The molecule has 0 aromatic carbocycles. The molecular formula is C11H22N2OS. The van der Waals surface area contributed by atoms with Crippen LogP contribution >= 0.6 is 11.8 Å². The maximum atomic E-state index is 11.8. The van der Waals surface area contributed by atoms with Gasteiger partial charge in [0.1, 0.15) is 0 Å². The summed E-state index contributed by atoms with van der Waals surface area (Å²) in [5.74, 6) is 1.59. The summed E-state index contributed by atoms with van der Waals surface area (Å²) in [6.45, 7) is 4.17. The molecule has 1 rings (SSSR count). The quantitative estimate of drug-likeness (QED) is 0.724. The summed E-state index contributed by atoms with van der Waals surface area (Å²) in [6, 6.07) is -0.351. The fraction of sp³-hybridized carbons (Fsp3) is 0.909. The average molecular weight is 230 g/mol. The van der Waals surface area contributed by atoms with E-state index in [2.05, 4.69) is 19.2 Å². The first-order chi connectivity index (χ1) is 6.97. The maximum Gasteiger partial charge on any atom is 0.237 e. The third kappa shape index (κ3) is 4.03. The molecule has 3 N–H and O–H groups in total. The van der Waals surface area contributed by atoms with Gasteiger partial charge in [-0.05, 0) is 51.0 Å². The van der Waals surface area contributed by atoms with E-state index in [4.69, 9.17) is 5.73 Å². The van der Waals surface area contributed by atoms with E-state index in [1.807, 2.05) is 6.26 Å². The van der Waals surface area contributed by atoms with Crippen molar-refractivity contribution in [2.45, 2.75) is 44.7 Å². The monoisotopic (exact) mass is 230 g/mol. The minimum Gasteiger partial charge on any atom is -0.350 e. The molecule has 0 spiro atoms. The fourth-order valence-electron chi connectivity index (χ4n) is 1.69. The molecule has 0 bridgehead atoms. The molecule has 0 aromatic rings. The summed E-state index contributed by atoms with van der Waals surface area (Å²) >= 11 is 1.72. The number of amides is 1. The first-order valence-corrected chi connectivity index (χ1v) is 6.93. The normalized spacial score (nSPS) is 18.7. The highest BCUT2D eigenvalue weighted by molar-refractivity contribution is 7.98. The summed E-state index contributed by atoms with van der Waals surface area (Å²) < 4.78 is 0. The van der Waals surface area contributed by atoms with Crippen LogP contribution in [0.15, 0.2) is 0 Å². The van der Waals surface area contributed by atoms with Crippen LogP contribution in [0.25, 0.3) is 0 Å². The number of nitrogens with one attached hydrogen (secondary N) is 1. The van der Waals surface area contributed by atoms with E-state index < -0.39 is 0 Å². The topological polar surface area (TPSA) is 55.1 Å². The van der Waals surface area contributed by atoms with Crippen molar-refractivity contribution >= 4 is 17.7 Å². The van der Waals surface area contributed by atoms with Crippen molar-refractivity contribution in [2.24, 2.45) is 11.7 Å². The Morgan fingerprint density at radius 1 is 1.60 bits per heavy atom. The molecule has 0 aliphatic heterocycles. The standard InChI is InChI=1S/C11H22N2OS/c1-11(2,8-4-5-8)13-10(14)9(12)6-7-15-3/h8-9H,4-7,12H2,1-3H3,(H,13,14)/t9-/m0/s1. The minimum absolute atomic E-state index is 0.000880. The van der Waals surface area contributed by atoms with E-state index in [0.29, 0.717) is 5.92 Å². The molecule has 15 heavy (non-hydrogen) atoms. The number of hydrogen-bond donors (Lipinski definition) is 2. The van der Waals surface area contributed by atoms with Crippen molar-refractivity contribution in [3.63, 3.8) is 0 Å². The van der Waals surface area contributed by atoms with Gasteiger partial charge in [-0.15, -0.1) is 0 Å². The molecule has 1 atom stereocenters. The van der Waals surface area contributed by atoms with Gasteiger partial charge in [0.15, 0.2) is 0 Å². The Morgan fingerprint density at radius 3 is 2.67 bits per heavy atom. The minimum atomic E-state index is -0.351. The van der Waals surface area contributed by atoms with Gasteiger partial charge in [-0.25, -0.2) is 0 Å². The largest absolute Gasteiger partial charge is 0.350 e. The SMILES string of the molecule is CSCC[C@H](N)C(=O)NC(C)(C)C1CC1. The van der Waals surface area contributed by atoms with Crippen LogP contribution in [-0.4, -0.2) is 29.5 Å². The number of thioether (sulfide) groups is 1. The van der Waals surface area contributed by atoms with E-state index in [1.54, 1.807) is 11.8 Å². The van der Waals surface area contributed by atoms with Crippen LogP contribution in [0.5, 0.6) is 0 Å². The molecule has 1 aliphatic rings. The predicted molar refractivity (Wildman–Crippen MR) is 65.9 cm³/mol. The lowest BCUT2D eigenvalue weighted by Gasteiger charge is -2.27. The van der Waals surface area contributed by atoms with Gasteiger partial charge >= 0.3 is 0 Å². The van der Waals surface area contributed by atoms with Gasteiger partial charge in [-0.2, -0.15) is 11.8 Å². The van der Waals surface area contributed by atoms with Crippen LogP contribution in [0.3, 0.4) is 0 Å². The van der Waals surface area contributed by atoms with Crippen LogP contribution in [0.1, 0.15) is 33.1 Å². The number of carbonyl (C=O) groups excluding carboxylic acids is 1. The van der Waals surface area contributed by atoms with Gasteiger partial charge in [-0.1, -0.05) is 0 Å². The molecule has 1 saturated carbocycles. The molecule has 3 nitrogen and oxygen atoms in total. The number of rotatable bonds is 6. The van der Waals surface area contributed by atoms with Crippen molar-refractivity contribution in [3.8, 4) is 0 Å². The number of carbonyl (C=O) groups is 1. The lowest BCUT2D eigenvalue weighted by molar-refractivity contribution is -0.124. The van der Waals surface area contributed by atoms with E-state index in [0.717, 1.165) is 12.2 Å². The molecule has 1 fully saturated rings. The van der Waals surface area contributed by atoms with Crippen LogP contribution in [0.2, 0.25) is 0 Å². The van der Waals surface area contributed by atoms with E-state index in [9.17, 15) is 4.79 Å².